The number of hydrogen-bond acceptors (Lipinski definition) is 6. The SMILES string of the molecule is Cc1cccc2nc(NCc3nc(C4CCCO4)n[nH]3)sc12. The van der Waals surface area contributed by atoms with Gasteiger partial charge in [0, 0.05) is 6.61 Å². The molecule has 3 heterocycles. The van der Waals surface area contributed by atoms with Gasteiger partial charge in [0.05, 0.1) is 16.8 Å². The summed E-state index contributed by atoms with van der Waals surface area (Å²) in [6.07, 6.45) is 2.13. The van der Waals surface area contributed by atoms with Crippen LogP contribution in [0.2, 0.25) is 0 Å². The Morgan fingerprint density at radius 1 is 1.41 bits per heavy atom. The second kappa shape index (κ2) is 5.66. The first-order valence-electron chi connectivity index (χ1n) is 7.42. The fourth-order valence-electron chi connectivity index (χ4n) is 2.64. The number of ether oxygens (including phenoxy) is 1. The maximum atomic E-state index is 5.59. The Bertz CT molecular complexity index is 790. The van der Waals surface area contributed by atoms with Crippen molar-refractivity contribution in [2.45, 2.75) is 32.4 Å². The molecule has 4 rings (SSSR count). The third-order valence-corrected chi connectivity index (χ3v) is 4.95. The van der Waals surface area contributed by atoms with Crippen LogP contribution in [0.25, 0.3) is 10.2 Å². The summed E-state index contributed by atoms with van der Waals surface area (Å²) in [5, 5.41) is 11.4. The zero-order valence-corrected chi connectivity index (χ0v) is 13.1. The van der Waals surface area contributed by atoms with E-state index in [1.807, 2.05) is 12.1 Å². The summed E-state index contributed by atoms with van der Waals surface area (Å²) in [5.41, 5.74) is 2.29. The average molecular weight is 315 g/mol. The molecule has 1 fully saturated rings. The van der Waals surface area contributed by atoms with E-state index in [0.29, 0.717) is 6.54 Å². The molecule has 1 aromatic carbocycles. The first-order chi connectivity index (χ1) is 10.8. The van der Waals surface area contributed by atoms with Crippen molar-refractivity contribution in [2.75, 3.05) is 11.9 Å². The quantitative estimate of drug-likeness (QED) is 0.773. The number of aromatic nitrogens is 4. The predicted octanol–water partition coefficient (Wildman–Crippen LogP) is 3.19. The van der Waals surface area contributed by atoms with Gasteiger partial charge in [0.2, 0.25) is 0 Å². The Labute approximate surface area is 131 Å². The highest BCUT2D eigenvalue weighted by Gasteiger charge is 2.21. The van der Waals surface area contributed by atoms with E-state index >= 15 is 0 Å². The minimum Gasteiger partial charge on any atom is -0.370 e. The Hall–Kier alpha value is -1.99. The van der Waals surface area contributed by atoms with Gasteiger partial charge >= 0.3 is 0 Å². The average Bonchev–Trinajstić information content (AvgIpc) is 3.25. The zero-order valence-electron chi connectivity index (χ0n) is 12.3. The molecular weight excluding hydrogens is 298 g/mol. The minimum absolute atomic E-state index is 0.0510. The molecule has 0 spiro atoms. The number of fused-ring (bicyclic) bond motifs is 1. The van der Waals surface area contributed by atoms with Crippen molar-refractivity contribution in [1.82, 2.24) is 20.2 Å². The number of H-pyrrole nitrogens is 1. The summed E-state index contributed by atoms with van der Waals surface area (Å²) >= 11 is 1.67. The van der Waals surface area contributed by atoms with Gasteiger partial charge in [-0.2, -0.15) is 5.10 Å². The predicted molar refractivity (Wildman–Crippen MR) is 86.0 cm³/mol. The number of hydrogen-bond donors (Lipinski definition) is 2. The van der Waals surface area contributed by atoms with Gasteiger partial charge in [-0.3, -0.25) is 5.10 Å². The monoisotopic (exact) mass is 315 g/mol. The summed E-state index contributed by atoms with van der Waals surface area (Å²) in [4.78, 5) is 9.09. The maximum absolute atomic E-state index is 5.59. The van der Waals surface area contributed by atoms with E-state index in [1.54, 1.807) is 11.3 Å². The Morgan fingerprint density at radius 2 is 2.36 bits per heavy atom. The number of anilines is 1. The van der Waals surface area contributed by atoms with Crippen molar-refractivity contribution in [2.24, 2.45) is 0 Å². The number of aryl methyl sites for hydroxylation is 1. The van der Waals surface area contributed by atoms with E-state index in [1.165, 1.54) is 10.3 Å². The number of aromatic amines is 1. The zero-order chi connectivity index (χ0) is 14.9. The molecular formula is C15H17N5OS. The van der Waals surface area contributed by atoms with E-state index in [2.05, 4.69) is 38.5 Å². The topological polar surface area (TPSA) is 75.7 Å². The van der Waals surface area contributed by atoms with Crippen LogP contribution in [0.1, 0.15) is 36.2 Å². The molecule has 1 saturated heterocycles. The first-order valence-corrected chi connectivity index (χ1v) is 8.24. The second-order valence-corrected chi connectivity index (χ2v) is 6.44. The van der Waals surface area contributed by atoms with Crippen molar-refractivity contribution >= 4 is 26.7 Å². The van der Waals surface area contributed by atoms with Crippen molar-refractivity contribution in [3.05, 3.63) is 35.4 Å². The molecule has 114 valence electrons. The van der Waals surface area contributed by atoms with Crippen LogP contribution in [-0.4, -0.2) is 26.8 Å². The lowest BCUT2D eigenvalue weighted by Crippen LogP contribution is -2.02. The van der Waals surface area contributed by atoms with E-state index in [4.69, 9.17) is 4.74 Å². The fourth-order valence-corrected chi connectivity index (χ4v) is 3.57. The summed E-state index contributed by atoms with van der Waals surface area (Å²) in [6, 6.07) is 6.17. The molecule has 2 N–H and O–H groups in total. The third-order valence-electron chi connectivity index (χ3n) is 3.79. The Kier molecular flexibility index (Phi) is 3.51. The number of nitrogens with one attached hydrogen (secondary N) is 2. The maximum Gasteiger partial charge on any atom is 0.184 e. The van der Waals surface area contributed by atoms with Crippen LogP contribution in [0.3, 0.4) is 0 Å². The van der Waals surface area contributed by atoms with E-state index in [-0.39, 0.29) is 6.10 Å². The minimum atomic E-state index is 0.0510. The molecule has 1 aliphatic heterocycles. The molecule has 1 atom stereocenters. The number of rotatable bonds is 4. The molecule has 7 heteroatoms. The molecule has 3 aromatic rings. The van der Waals surface area contributed by atoms with Crippen LogP contribution >= 0.6 is 11.3 Å². The fraction of sp³-hybridized carbons (Fsp3) is 0.400. The molecule has 22 heavy (non-hydrogen) atoms. The van der Waals surface area contributed by atoms with Gasteiger partial charge in [-0.1, -0.05) is 23.5 Å². The molecule has 2 aromatic heterocycles. The van der Waals surface area contributed by atoms with Gasteiger partial charge in [0.15, 0.2) is 11.0 Å². The lowest BCUT2D eigenvalue weighted by atomic mass is 10.2. The molecule has 0 amide bonds. The number of nitrogens with zero attached hydrogens (tertiary/aromatic N) is 3. The van der Waals surface area contributed by atoms with Crippen LogP contribution in [0, 0.1) is 6.92 Å². The summed E-state index contributed by atoms with van der Waals surface area (Å²) in [6.45, 7) is 3.49. The van der Waals surface area contributed by atoms with E-state index < -0.39 is 0 Å². The number of benzene rings is 1. The van der Waals surface area contributed by atoms with Gasteiger partial charge in [-0.15, -0.1) is 0 Å². The standard InChI is InChI=1S/C15H17N5OS/c1-9-4-2-5-10-13(9)22-15(17-10)16-8-12-18-14(20-19-12)11-6-3-7-21-11/h2,4-5,11H,3,6-8H2,1H3,(H,16,17)(H,18,19,20). The smallest absolute Gasteiger partial charge is 0.184 e. The Balaban J connectivity index is 1.46. The highest BCUT2D eigenvalue weighted by atomic mass is 32.1. The van der Waals surface area contributed by atoms with E-state index in [0.717, 1.165) is 41.7 Å². The van der Waals surface area contributed by atoms with Crippen molar-refractivity contribution in [3.8, 4) is 0 Å². The van der Waals surface area contributed by atoms with Crippen molar-refractivity contribution in [1.29, 1.82) is 0 Å². The molecule has 1 unspecified atom stereocenters. The third kappa shape index (κ3) is 2.57. The first kappa shape index (κ1) is 13.7. The second-order valence-electron chi connectivity index (χ2n) is 5.44. The highest BCUT2D eigenvalue weighted by molar-refractivity contribution is 7.22. The molecule has 0 aliphatic carbocycles. The molecule has 0 saturated carbocycles. The van der Waals surface area contributed by atoms with Crippen LogP contribution in [-0.2, 0) is 11.3 Å². The van der Waals surface area contributed by atoms with Crippen molar-refractivity contribution < 1.29 is 4.74 Å². The van der Waals surface area contributed by atoms with Gasteiger partial charge < -0.3 is 10.1 Å². The van der Waals surface area contributed by atoms with Crippen LogP contribution < -0.4 is 5.32 Å². The van der Waals surface area contributed by atoms with Crippen molar-refractivity contribution in [3.63, 3.8) is 0 Å². The molecule has 0 bridgehead atoms. The van der Waals surface area contributed by atoms with Gasteiger partial charge in [-0.25, -0.2) is 9.97 Å². The summed E-state index contributed by atoms with van der Waals surface area (Å²) in [7, 11) is 0. The molecule has 6 nitrogen and oxygen atoms in total. The normalized spacial score (nSPS) is 18.1. The Morgan fingerprint density at radius 3 is 3.18 bits per heavy atom. The van der Waals surface area contributed by atoms with E-state index in [9.17, 15) is 0 Å². The van der Waals surface area contributed by atoms with Gasteiger partial charge in [0.25, 0.3) is 0 Å². The molecule has 1 aliphatic rings. The number of thiazole rings is 1. The highest BCUT2D eigenvalue weighted by Crippen LogP contribution is 2.29. The lowest BCUT2D eigenvalue weighted by Gasteiger charge is -2.02. The summed E-state index contributed by atoms with van der Waals surface area (Å²) < 4.78 is 6.82. The van der Waals surface area contributed by atoms with Crippen LogP contribution in [0.15, 0.2) is 18.2 Å². The van der Waals surface area contributed by atoms with Gasteiger partial charge in [0.1, 0.15) is 11.9 Å². The lowest BCUT2D eigenvalue weighted by molar-refractivity contribution is 0.105. The molecule has 0 radical (unpaired) electrons. The van der Waals surface area contributed by atoms with Crippen LogP contribution in [0.5, 0.6) is 0 Å². The van der Waals surface area contributed by atoms with Gasteiger partial charge in [-0.05, 0) is 31.4 Å². The largest absolute Gasteiger partial charge is 0.370 e. The van der Waals surface area contributed by atoms with Crippen LogP contribution in [0.4, 0.5) is 5.13 Å². The summed E-state index contributed by atoms with van der Waals surface area (Å²) in [5.74, 6) is 1.57.